The number of hydrogen-bond acceptors (Lipinski definition) is 3. The average molecular weight is 276 g/mol. The molecule has 0 aromatic heterocycles. The van der Waals surface area contributed by atoms with Crippen molar-refractivity contribution in [3.63, 3.8) is 0 Å². The van der Waals surface area contributed by atoms with Gasteiger partial charge in [-0.05, 0) is 37.3 Å². The Hall–Kier alpha value is -1.91. The lowest BCUT2D eigenvalue weighted by molar-refractivity contribution is -0.385. The molecule has 1 aliphatic rings. The first-order valence-electron chi connectivity index (χ1n) is 6.92. The molecule has 2 atom stereocenters. The van der Waals surface area contributed by atoms with Crippen molar-refractivity contribution in [1.29, 1.82) is 0 Å². The van der Waals surface area contributed by atoms with Gasteiger partial charge in [0.2, 0.25) is 0 Å². The Kier molecular flexibility index (Phi) is 4.06. The summed E-state index contributed by atoms with van der Waals surface area (Å²) < 4.78 is 0. The van der Waals surface area contributed by atoms with Crippen LogP contribution in [0.1, 0.15) is 36.2 Å². The highest BCUT2D eigenvalue weighted by atomic mass is 16.6. The number of carbonyl (C=O) groups excluding carboxylic acids is 1. The summed E-state index contributed by atoms with van der Waals surface area (Å²) in [4.78, 5) is 24.7. The van der Waals surface area contributed by atoms with Crippen LogP contribution in [0.25, 0.3) is 0 Å². The van der Waals surface area contributed by atoms with Crippen molar-refractivity contribution in [3.8, 4) is 0 Å². The van der Waals surface area contributed by atoms with Gasteiger partial charge in [0.05, 0.1) is 4.92 Å². The van der Waals surface area contributed by atoms with Gasteiger partial charge >= 0.3 is 0 Å². The van der Waals surface area contributed by atoms with Gasteiger partial charge in [0, 0.05) is 30.3 Å². The number of nitro benzene ring substituents is 1. The summed E-state index contributed by atoms with van der Waals surface area (Å²) in [6.07, 6.45) is 1.14. The quantitative estimate of drug-likeness (QED) is 0.616. The van der Waals surface area contributed by atoms with Gasteiger partial charge in [-0.15, -0.1) is 0 Å². The molecule has 108 valence electrons. The molecule has 2 rings (SSSR count). The highest BCUT2D eigenvalue weighted by Gasteiger charge is 2.26. The van der Waals surface area contributed by atoms with E-state index < -0.39 is 4.92 Å². The number of aryl methyl sites for hydroxylation is 1. The lowest BCUT2D eigenvalue weighted by Gasteiger charge is -2.35. The van der Waals surface area contributed by atoms with Crippen molar-refractivity contribution in [2.45, 2.75) is 27.2 Å². The molecule has 1 saturated heterocycles. The van der Waals surface area contributed by atoms with Gasteiger partial charge in [0.15, 0.2) is 0 Å². The summed E-state index contributed by atoms with van der Waals surface area (Å²) in [6, 6.07) is 4.58. The van der Waals surface area contributed by atoms with Crippen LogP contribution < -0.4 is 0 Å². The number of nitrogens with zero attached hydrogens (tertiary/aromatic N) is 2. The number of piperidine rings is 1. The normalized spacial score (nSPS) is 22.6. The number of nitro groups is 1. The van der Waals surface area contributed by atoms with E-state index in [0.717, 1.165) is 19.5 Å². The van der Waals surface area contributed by atoms with Crippen LogP contribution >= 0.6 is 0 Å². The Morgan fingerprint density at radius 3 is 2.40 bits per heavy atom. The molecule has 1 heterocycles. The first-order valence-corrected chi connectivity index (χ1v) is 6.92. The summed E-state index contributed by atoms with van der Waals surface area (Å²) in [5.41, 5.74) is 1.12. The summed E-state index contributed by atoms with van der Waals surface area (Å²) in [6.45, 7) is 7.49. The third-order valence-corrected chi connectivity index (χ3v) is 3.80. The van der Waals surface area contributed by atoms with E-state index in [9.17, 15) is 14.9 Å². The van der Waals surface area contributed by atoms with E-state index in [1.54, 1.807) is 19.1 Å². The fraction of sp³-hybridized carbons (Fsp3) is 0.533. The summed E-state index contributed by atoms with van der Waals surface area (Å²) >= 11 is 0. The Morgan fingerprint density at radius 2 is 1.90 bits per heavy atom. The molecule has 0 saturated carbocycles. The van der Waals surface area contributed by atoms with E-state index in [1.807, 2.05) is 4.90 Å². The minimum absolute atomic E-state index is 0.0265. The minimum Gasteiger partial charge on any atom is -0.338 e. The second-order valence-electron chi connectivity index (χ2n) is 5.91. The molecule has 20 heavy (non-hydrogen) atoms. The Labute approximate surface area is 118 Å². The third-order valence-electron chi connectivity index (χ3n) is 3.80. The van der Waals surface area contributed by atoms with E-state index in [1.165, 1.54) is 6.07 Å². The summed E-state index contributed by atoms with van der Waals surface area (Å²) in [5, 5.41) is 10.8. The van der Waals surface area contributed by atoms with E-state index in [4.69, 9.17) is 0 Å². The number of carbonyl (C=O) groups is 1. The van der Waals surface area contributed by atoms with Gasteiger partial charge < -0.3 is 4.90 Å². The van der Waals surface area contributed by atoms with E-state index in [0.29, 0.717) is 23.0 Å². The predicted octanol–water partition coefficient (Wildman–Crippen LogP) is 3.02. The van der Waals surface area contributed by atoms with Crippen LogP contribution in [0, 0.1) is 28.9 Å². The largest absolute Gasteiger partial charge is 0.338 e. The van der Waals surface area contributed by atoms with Crippen molar-refractivity contribution >= 4 is 11.6 Å². The Morgan fingerprint density at radius 1 is 1.30 bits per heavy atom. The highest BCUT2D eigenvalue weighted by molar-refractivity contribution is 5.94. The summed E-state index contributed by atoms with van der Waals surface area (Å²) in [7, 11) is 0. The molecule has 1 aromatic rings. The van der Waals surface area contributed by atoms with Crippen LogP contribution in [0.5, 0.6) is 0 Å². The maximum absolute atomic E-state index is 12.5. The zero-order chi connectivity index (χ0) is 14.9. The first kappa shape index (κ1) is 14.5. The second-order valence-corrected chi connectivity index (χ2v) is 5.91. The monoisotopic (exact) mass is 276 g/mol. The van der Waals surface area contributed by atoms with Crippen molar-refractivity contribution in [1.82, 2.24) is 4.90 Å². The number of likely N-dealkylation sites (tertiary alicyclic amines) is 1. The fourth-order valence-corrected chi connectivity index (χ4v) is 3.00. The molecule has 0 bridgehead atoms. The van der Waals surface area contributed by atoms with Crippen molar-refractivity contribution in [2.24, 2.45) is 11.8 Å². The highest BCUT2D eigenvalue weighted by Crippen LogP contribution is 2.24. The maximum Gasteiger partial charge on any atom is 0.272 e. The van der Waals surface area contributed by atoms with Gasteiger partial charge in [-0.1, -0.05) is 13.8 Å². The molecular formula is C15H20N2O3. The third kappa shape index (κ3) is 2.98. The second kappa shape index (κ2) is 5.61. The van der Waals surface area contributed by atoms with E-state index >= 15 is 0 Å². The van der Waals surface area contributed by atoms with Gasteiger partial charge in [-0.3, -0.25) is 14.9 Å². The molecule has 5 heteroatoms. The topological polar surface area (TPSA) is 63.5 Å². The zero-order valence-electron chi connectivity index (χ0n) is 12.1. The number of amides is 1. The molecule has 0 spiro atoms. The van der Waals surface area contributed by atoms with Gasteiger partial charge in [0.1, 0.15) is 0 Å². The van der Waals surface area contributed by atoms with E-state index in [-0.39, 0.29) is 11.6 Å². The van der Waals surface area contributed by atoms with Crippen LogP contribution in [0.15, 0.2) is 18.2 Å². The standard InChI is InChI=1S/C15H20N2O3/c1-10-6-11(2)9-16(8-10)15(18)13-4-5-14(17(19)20)12(3)7-13/h4-5,7,10-11H,6,8-9H2,1-3H3/t10-,11-/m1/s1. The van der Waals surface area contributed by atoms with Crippen molar-refractivity contribution in [2.75, 3.05) is 13.1 Å². The lowest BCUT2D eigenvalue weighted by atomic mass is 9.91. The van der Waals surface area contributed by atoms with Crippen LogP contribution in [0.2, 0.25) is 0 Å². The number of hydrogen-bond donors (Lipinski definition) is 0. The van der Waals surface area contributed by atoms with Crippen LogP contribution in [-0.2, 0) is 0 Å². The number of benzene rings is 1. The number of rotatable bonds is 2. The van der Waals surface area contributed by atoms with Crippen LogP contribution in [0.3, 0.4) is 0 Å². The van der Waals surface area contributed by atoms with Crippen LogP contribution in [-0.4, -0.2) is 28.8 Å². The SMILES string of the molecule is Cc1cc(C(=O)N2C[C@H](C)C[C@@H](C)C2)ccc1[N+](=O)[O-]. The van der Waals surface area contributed by atoms with Gasteiger partial charge in [-0.25, -0.2) is 0 Å². The smallest absolute Gasteiger partial charge is 0.272 e. The molecule has 1 aliphatic heterocycles. The molecule has 1 amide bonds. The average Bonchev–Trinajstić information content (AvgIpc) is 2.36. The molecule has 5 nitrogen and oxygen atoms in total. The predicted molar refractivity (Wildman–Crippen MR) is 76.7 cm³/mol. The Balaban J connectivity index is 2.21. The van der Waals surface area contributed by atoms with Crippen LogP contribution in [0.4, 0.5) is 5.69 Å². The van der Waals surface area contributed by atoms with Gasteiger partial charge in [0.25, 0.3) is 11.6 Å². The molecule has 0 N–H and O–H groups in total. The first-order chi connectivity index (χ1) is 9.38. The van der Waals surface area contributed by atoms with Crippen molar-refractivity contribution < 1.29 is 9.72 Å². The molecule has 1 aromatic carbocycles. The van der Waals surface area contributed by atoms with Crippen molar-refractivity contribution in [3.05, 3.63) is 39.4 Å². The molecule has 1 fully saturated rings. The summed E-state index contributed by atoms with van der Waals surface area (Å²) in [5.74, 6) is 0.977. The molecule has 0 aliphatic carbocycles. The molecule has 0 unspecified atom stereocenters. The van der Waals surface area contributed by atoms with E-state index in [2.05, 4.69) is 13.8 Å². The molecular weight excluding hydrogens is 256 g/mol. The maximum atomic E-state index is 12.5. The zero-order valence-corrected chi connectivity index (χ0v) is 12.1. The molecule has 0 radical (unpaired) electrons. The minimum atomic E-state index is -0.422. The Bertz CT molecular complexity index is 532. The fourth-order valence-electron chi connectivity index (χ4n) is 3.00. The van der Waals surface area contributed by atoms with Gasteiger partial charge in [-0.2, -0.15) is 0 Å². The lowest BCUT2D eigenvalue weighted by Crippen LogP contribution is -2.42.